The standard InChI is InChI=1S/C28H25F3N4O3S/c1-33-11-3-5-21(33)6-4-12-34-26(36)25(39-27(34)37)14-18-7-10-24-20(13-18)16-32-35(24)17-19-8-9-22(38-2)15-23(19)28(29,30)31/h7-10,13-16,21H,3,5,11-12,17H2,1-2H3/b25-14-. The van der Waals surface area contributed by atoms with Gasteiger partial charge in [-0.2, -0.15) is 18.3 Å². The van der Waals surface area contributed by atoms with Crippen LogP contribution in [-0.2, 0) is 17.5 Å². The number of fused-ring (bicyclic) bond motifs is 1. The number of likely N-dealkylation sites (tertiary alicyclic amines) is 1. The molecule has 2 aliphatic rings. The molecule has 2 aliphatic heterocycles. The van der Waals surface area contributed by atoms with Gasteiger partial charge in [0.05, 0.1) is 48.4 Å². The van der Waals surface area contributed by atoms with Gasteiger partial charge in [0.25, 0.3) is 11.1 Å². The Labute approximate surface area is 227 Å². The molecule has 0 spiro atoms. The molecule has 2 fully saturated rings. The van der Waals surface area contributed by atoms with Crippen molar-refractivity contribution >= 4 is 39.9 Å². The largest absolute Gasteiger partial charge is 0.497 e. The number of ether oxygens (including phenoxy) is 1. The zero-order chi connectivity index (χ0) is 27.7. The first-order valence-corrected chi connectivity index (χ1v) is 13.1. The van der Waals surface area contributed by atoms with E-state index in [2.05, 4.69) is 21.8 Å². The van der Waals surface area contributed by atoms with E-state index in [0.717, 1.165) is 42.1 Å². The molecule has 1 unspecified atom stereocenters. The first kappa shape index (κ1) is 26.8. The summed E-state index contributed by atoms with van der Waals surface area (Å²) in [6, 6.07) is 9.25. The number of amides is 2. The molecule has 0 radical (unpaired) electrons. The van der Waals surface area contributed by atoms with E-state index >= 15 is 0 Å². The number of rotatable bonds is 5. The molecule has 1 atom stereocenters. The highest BCUT2D eigenvalue weighted by Gasteiger charge is 2.35. The monoisotopic (exact) mass is 554 g/mol. The van der Waals surface area contributed by atoms with Crippen molar-refractivity contribution in [3.05, 3.63) is 64.2 Å². The van der Waals surface area contributed by atoms with Crippen molar-refractivity contribution in [2.75, 3.05) is 27.2 Å². The van der Waals surface area contributed by atoms with Crippen molar-refractivity contribution < 1.29 is 27.5 Å². The molecule has 0 bridgehead atoms. The molecule has 2 amide bonds. The molecule has 7 nitrogen and oxygen atoms in total. The molecule has 1 aromatic heterocycles. The second kappa shape index (κ2) is 10.8. The minimum absolute atomic E-state index is 0.0451. The van der Waals surface area contributed by atoms with Crippen molar-refractivity contribution in [1.82, 2.24) is 19.6 Å². The van der Waals surface area contributed by atoms with E-state index in [0.29, 0.717) is 21.4 Å². The van der Waals surface area contributed by atoms with Crippen LogP contribution in [0.15, 0.2) is 47.5 Å². The van der Waals surface area contributed by atoms with Crippen molar-refractivity contribution in [3.8, 4) is 17.6 Å². The van der Waals surface area contributed by atoms with Crippen LogP contribution >= 0.6 is 11.8 Å². The average molecular weight is 555 g/mol. The second-order valence-electron chi connectivity index (χ2n) is 9.37. The SMILES string of the molecule is COc1ccc(Cn2ncc3cc(/C=C4\SC(=O)N(CC#CC5CCCN5C)C4=O)ccc32)c(C(F)(F)F)c1. The summed E-state index contributed by atoms with van der Waals surface area (Å²) in [4.78, 5) is 28.9. The van der Waals surface area contributed by atoms with Crippen molar-refractivity contribution in [1.29, 1.82) is 0 Å². The predicted molar refractivity (Wildman–Crippen MR) is 143 cm³/mol. The molecule has 11 heteroatoms. The minimum Gasteiger partial charge on any atom is -0.497 e. The summed E-state index contributed by atoms with van der Waals surface area (Å²) in [5.41, 5.74) is 0.592. The third-order valence-electron chi connectivity index (χ3n) is 6.81. The maximum Gasteiger partial charge on any atom is 0.416 e. The van der Waals surface area contributed by atoms with Gasteiger partial charge in [0.15, 0.2) is 0 Å². The maximum absolute atomic E-state index is 13.6. The number of hydrogen-bond acceptors (Lipinski definition) is 6. The Balaban J connectivity index is 1.33. The number of alkyl halides is 3. The summed E-state index contributed by atoms with van der Waals surface area (Å²) in [6.45, 7) is 0.949. The highest BCUT2D eigenvalue weighted by atomic mass is 32.2. The molecule has 39 heavy (non-hydrogen) atoms. The van der Waals surface area contributed by atoms with E-state index in [4.69, 9.17) is 4.74 Å². The number of methoxy groups -OCH3 is 1. The molecule has 3 aromatic rings. The highest BCUT2D eigenvalue weighted by Crippen LogP contribution is 2.36. The van der Waals surface area contributed by atoms with Crippen molar-refractivity contribution in [2.24, 2.45) is 0 Å². The topological polar surface area (TPSA) is 67.7 Å². The number of hydrogen-bond donors (Lipinski definition) is 0. The summed E-state index contributed by atoms with van der Waals surface area (Å²) < 4.78 is 47.4. The van der Waals surface area contributed by atoms with Gasteiger partial charge in [-0.1, -0.05) is 24.0 Å². The van der Waals surface area contributed by atoms with Gasteiger partial charge in [-0.05, 0) is 79.7 Å². The minimum atomic E-state index is -4.54. The van der Waals surface area contributed by atoms with Gasteiger partial charge >= 0.3 is 6.18 Å². The van der Waals surface area contributed by atoms with E-state index < -0.39 is 17.6 Å². The van der Waals surface area contributed by atoms with Crippen molar-refractivity contribution in [3.63, 3.8) is 0 Å². The Morgan fingerprint density at radius 1 is 1.21 bits per heavy atom. The van der Waals surface area contributed by atoms with Crippen LogP contribution in [0.3, 0.4) is 0 Å². The molecule has 0 saturated carbocycles. The van der Waals surface area contributed by atoms with Crippen LogP contribution in [0.25, 0.3) is 17.0 Å². The molecule has 0 N–H and O–H groups in total. The fourth-order valence-electron chi connectivity index (χ4n) is 4.69. The third kappa shape index (κ3) is 5.67. The van der Waals surface area contributed by atoms with Gasteiger partial charge in [0.2, 0.25) is 0 Å². The number of aromatic nitrogens is 2. The predicted octanol–water partition coefficient (Wildman–Crippen LogP) is 5.25. The van der Waals surface area contributed by atoms with Crippen LogP contribution in [0.4, 0.5) is 18.0 Å². The lowest BCUT2D eigenvalue weighted by molar-refractivity contribution is -0.138. The van der Waals surface area contributed by atoms with Gasteiger partial charge < -0.3 is 4.74 Å². The molecule has 2 saturated heterocycles. The van der Waals surface area contributed by atoms with Crippen LogP contribution < -0.4 is 4.74 Å². The highest BCUT2D eigenvalue weighted by molar-refractivity contribution is 8.18. The van der Waals surface area contributed by atoms with E-state index in [1.54, 1.807) is 30.5 Å². The molecule has 2 aromatic carbocycles. The van der Waals surface area contributed by atoms with Gasteiger partial charge in [0.1, 0.15) is 5.75 Å². The van der Waals surface area contributed by atoms with Gasteiger partial charge in [-0.25, -0.2) is 0 Å². The summed E-state index contributed by atoms with van der Waals surface area (Å²) in [6.07, 6.45) is 0.713. The van der Waals surface area contributed by atoms with Gasteiger partial charge in [-0.15, -0.1) is 0 Å². The number of halogens is 3. The number of nitrogens with zero attached hydrogens (tertiary/aromatic N) is 4. The van der Waals surface area contributed by atoms with E-state index in [9.17, 15) is 22.8 Å². The number of carbonyl (C=O) groups is 2. The number of carbonyl (C=O) groups excluding carboxylic acids is 2. The third-order valence-corrected chi connectivity index (χ3v) is 7.71. The number of thioether (sulfide) groups is 1. The van der Waals surface area contributed by atoms with E-state index in [1.807, 2.05) is 7.05 Å². The molecule has 5 rings (SSSR count). The lowest BCUT2D eigenvalue weighted by atomic mass is 10.1. The van der Waals surface area contributed by atoms with E-state index in [-0.39, 0.29) is 35.7 Å². The fraction of sp³-hybridized carbons (Fsp3) is 0.321. The first-order valence-electron chi connectivity index (χ1n) is 12.3. The van der Waals surface area contributed by atoms with E-state index in [1.165, 1.54) is 23.9 Å². The zero-order valence-corrected chi connectivity index (χ0v) is 22.1. The molecular formula is C28H25F3N4O3S. The lowest BCUT2D eigenvalue weighted by Crippen LogP contribution is -2.29. The Kier molecular flexibility index (Phi) is 7.42. The summed E-state index contributed by atoms with van der Waals surface area (Å²) >= 11 is 0.862. The quantitative estimate of drug-likeness (QED) is 0.317. The molecule has 0 aliphatic carbocycles. The normalized spacial score (nSPS) is 19.3. The van der Waals surface area contributed by atoms with Crippen LogP contribution in [0.5, 0.6) is 5.75 Å². The summed E-state index contributed by atoms with van der Waals surface area (Å²) in [7, 11) is 3.33. The summed E-state index contributed by atoms with van der Waals surface area (Å²) in [5.74, 6) is 5.85. The average Bonchev–Trinajstić information content (AvgIpc) is 3.57. The lowest BCUT2D eigenvalue weighted by Gasteiger charge is -2.15. The fourth-order valence-corrected chi connectivity index (χ4v) is 5.53. The van der Waals surface area contributed by atoms with Gasteiger partial charge in [0, 0.05) is 5.39 Å². The molecule has 202 valence electrons. The second-order valence-corrected chi connectivity index (χ2v) is 10.4. The summed E-state index contributed by atoms with van der Waals surface area (Å²) in [5, 5.41) is 4.61. The first-order chi connectivity index (χ1) is 18.6. The van der Waals surface area contributed by atoms with Crippen LogP contribution in [-0.4, -0.2) is 64.0 Å². The van der Waals surface area contributed by atoms with Crippen LogP contribution in [0, 0.1) is 11.8 Å². The zero-order valence-electron chi connectivity index (χ0n) is 21.3. The Morgan fingerprint density at radius 3 is 2.74 bits per heavy atom. The van der Waals surface area contributed by atoms with Crippen molar-refractivity contribution in [2.45, 2.75) is 31.6 Å². The van der Waals surface area contributed by atoms with Crippen LogP contribution in [0.2, 0.25) is 0 Å². The Hall–Kier alpha value is -3.75. The molecular weight excluding hydrogens is 529 g/mol. The van der Waals surface area contributed by atoms with Gasteiger partial charge in [-0.3, -0.25) is 24.1 Å². The smallest absolute Gasteiger partial charge is 0.416 e. The maximum atomic E-state index is 13.6. The Morgan fingerprint density at radius 2 is 2.03 bits per heavy atom. The number of benzene rings is 2. The number of imide groups is 1. The Bertz CT molecular complexity index is 1540. The van der Waals surface area contributed by atoms with Crippen LogP contribution in [0.1, 0.15) is 29.5 Å². The molecule has 3 heterocycles.